The van der Waals surface area contributed by atoms with E-state index in [2.05, 4.69) is 65.7 Å². The van der Waals surface area contributed by atoms with Crippen molar-refractivity contribution in [2.75, 3.05) is 0 Å². The molecular formula is C22H18N2. The maximum absolute atomic E-state index is 4.72. The van der Waals surface area contributed by atoms with Crippen LogP contribution in [-0.4, -0.2) is 11.2 Å². The van der Waals surface area contributed by atoms with Gasteiger partial charge in [0.05, 0.1) is 5.69 Å². The van der Waals surface area contributed by atoms with Gasteiger partial charge in [-0.05, 0) is 23.3 Å². The Hall–Kier alpha value is -3.13. The Balaban J connectivity index is 1.59. The third-order valence-electron chi connectivity index (χ3n) is 4.19. The third-order valence-corrected chi connectivity index (χ3v) is 4.19. The van der Waals surface area contributed by atoms with Gasteiger partial charge in [0.15, 0.2) is 0 Å². The maximum Gasteiger partial charge on any atom is 0.0671 e. The van der Waals surface area contributed by atoms with Crippen LogP contribution >= 0.6 is 0 Å². The number of nitrogens with zero attached hydrogens (tertiary/aromatic N) is 1. The summed E-state index contributed by atoms with van der Waals surface area (Å²) in [7, 11) is 0. The molecule has 0 amide bonds. The van der Waals surface area contributed by atoms with Crippen molar-refractivity contribution < 1.29 is 0 Å². The van der Waals surface area contributed by atoms with Crippen LogP contribution in [-0.2, 0) is 0 Å². The summed E-state index contributed by atoms with van der Waals surface area (Å²) in [4.78, 5) is 8.03. The molecule has 0 saturated heterocycles. The van der Waals surface area contributed by atoms with E-state index in [0.717, 1.165) is 16.9 Å². The number of rotatable bonds is 4. The average Bonchev–Trinajstić information content (AvgIpc) is 3.33. The highest BCUT2D eigenvalue weighted by Gasteiger charge is 2.10. The molecule has 0 unspecified atom stereocenters. The standard InChI is InChI=1S/C22H18N2/c1-2-10-19(11-3-1)22-14-17(16-24-22)15-23-21-13-7-6-12-20(21)18-8-4-5-9-18/h1-16,18,24H. The number of benzene rings is 2. The van der Waals surface area contributed by atoms with Crippen LogP contribution in [0.2, 0.25) is 0 Å². The van der Waals surface area contributed by atoms with Crippen molar-refractivity contribution in [1.29, 1.82) is 0 Å². The lowest BCUT2D eigenvalue weighted by Crippen LogP contribution is -1.89. The van der Waals surface area contributed by atoms with E-state index in [-0.39, 0.29) is 0 Å². The Bertz CT molecular complexity index is 902. The molecule has 0 fully saturated rings. The highest BCUT2D eigenvalue weighted by atomic mass is 14.7. The van der Waals surface area contributed by atoms with Crippen molar-refractivity contribution in [3.63, 3.8) is 0 Å². The van der Waals surface area contributed by atoms with Crippen LogP contribution in [0.15, 0.2) is 96.2 Å². The summed E-state index contributed by atoms with van der Waals surface area (Å²) < 4.78 is 0. The molecule has 24 heavy (non-hydrogen) atoms. The SMILES string of the molecule is C1=CC(c2ccccc2N=Cc2c[nH]c(-c3ccccc3)c2)C=C1. The lowest BCUT2D eigenvalue weighted by molar-refractivity contribution is 1.10. The number of hydrogen-bond donors (Lipinski definition) is 1. The third kappa shape index (κ3) is 2.99. The van der Waals surface area contributed by atoms with E-state index in [4.69, 9.17) is 4.99 Å². The number of aromatic nitrogens is 1. The molecule has 1 aliphatic rings. The second kappa shape index (κ2) is 6.55. The van der Waals surface area contributed by atoms with Crippen LogP contribution in [0.4, 0.5) is 5.69 Å². The molecule has 0 bridgehead atoms. The fraction of sp³-hybridized carbons (Fsp3) is 0.0455. The van der Waals surface area contributed by atoms with E-state index in [0.29, 0.717) is 5.92 Å². The number of aromatic amines is 1. The van der Waals surface area contributed by atoms with Gasteiger partial charge in [0, 0.05) is 29.6 Å². The molecule has 0 atom stereocenters. The Kier molecular flexibility index (Phi) is 3.95. The van der Waals surface area contributed by atoms with E-state index in [1.165, 1.54) is 11.1 Å². The Morgan fingerprint density at radius 3 is 2.46 bits per heavy atom. The molecule has 1 aliphatic carbocycles. The molecule has 1 aromatic heterocycles. The van der Waals surface area contributed by atoms with E-state index >= 15 is 0 Å². The van der Waals surface area contributed by atoms with Crippen LogP contribution in [0.25, 0.3) is 11.3 Å². The smallest absolute Gasteiger partial charge is 0.0671 e. The van der Waals surface area contributed by atoms with Crippen molar-refractivity contribution >= 4 is 11.9 Å². The largest absolute Gasteiger partial charge is 0.361 e. The zero-order valence-corrected chi connectivity index (χ0v) is 13.3. The maximum atomic E-state index is 4.72. The summed E-state index contributed by atoms with van der Waals surface area (Å²) >= 11 is 0. The number of hydrogen-bond acceptors (Lipinski definition) is 1. The van der Waals surface area contributed by atoms with Crippen LogP contribution in [0.5, 0.6) is 0 Å². The van der Waals surface area contributed by atoms with Gasteiger partial charge in [0.1, 0.15) is 0 Å². The molecule has 116 valence electrons. The first-order valence-corrected chi connectivity index (χ1v) is 8.12. The Labute approximate surface area is 141 Å². The minimum atomic E-state index is 0.324. The molecule has 3 aromatic rings. The van der Waals surface area contributed by atoms with Gasteiger partial charge in [-0.15, -0.1) is 0 Å². The molecule has 2 heteroatoms. The minimum Gasteiger partial charge on any atom is -0.361 e. The molecule has 1 N–H and O–H groups in total. The molecule has 0 spiro atoms. The van der Waals surface area contributed by atoms with Crippen molar-refractivity contribution in [3.8, 4) is 11.3 Å². The molecule has 4 rings (SSSR count). The summed E-state index contributed by atoms with van der Waals surface area (Å²) in [5, 5.41) is 0. The van der Waals surface area contributed by atoms with Crippen LogP contribution in [0, 0.1) is 0 Å². The van der Waals surface area contributed by atoms with Gasteiger partial charge >= 0.3 is 0 Å². The summed E-state index contributed by atoms with van der Waals surface area (Å²) in [5.74, 6) is 0.324. The second-order valence-corrected chi connectivity index (χ2v) is 5.83. The highest BCUT2D eigenvalue weighted by molar-refractivity contribution is 5.84. The van der Waals surface area contributed by atoms with Crippen LogP contribution < -0.4 is 0 Å². The number of para-hydroxylation sites is 1. The fourth-order valence-corrected chi connectivity index (χ4v) is 2.94. The normalized spacial score (nSPS) is 14.0. The summed E-state index contributed by atoms with van der Waals surface area (Å²) in [6.07, 6.45) is 12.5. The predicted octanol–water partition coefficient (Wildman–Crippen LogP) is 5.64. The molecular weight excluding hydrogens is 292 g/mol. The van der Waals surface area contributed by atoms with Gasteiger partial charge in [0.2, 0.25) is 0 Å². The molecule has 2 aromatic carbocycles. The molecule has 0 radical (unpaired) electrons. The van der Waals surface area contributed by atoms with E-state index in [1.807, 2.05) is 36.7 Å². The van der Waals surface area contributed by atoms with Crippen molar-refractivity contribution in [3.05, 3.63) is 102 Å². The van der Waals surface area contributed by atoms with Gasteiger partial charge in [-0.3, -0.25) is 4.99 Å². The van der Waals surface area contributed by atoms with Gasteiger partial charge in [0.25, 0.3) is 0 Å². The first-order chi connectivity index (χ1) is 11.9. The van der Waals surface area contributed by atoms with Crippen LogP contribution in [0.3, 0.4) is 0 Å². The lowest BCUT2D eigenvalue weighted by Gasteiger charge is -2.08. The Morgan fingerprint density at radius 1 is 0.875 bits per heavy atom. The number of nitrogens with one attached hydrogen (secondary N) is 1. The van der Waals surface area contributed by atoms with Crippen molar-refractivity contribution in [2.45, 2.75) is 5.92 Å². The van der Waals surface area contributed by atoms with E-state index in [9.17, 15) is 0 Å². The van der Waals surface area contributed by atoms with Crippen LogP contribution in [0.1, 0.15) is 17.0 Å². The molecule has 2 nitrogen and oxygen atoms in total. The lowest BCUT2D eigenvalue weighted by atomic mass is 9.99. The number of aliphatic imine (C=N–C) groups is 1. The highest BCUT2D eigenvalue weighted by Crippen LogP contribution is 2.31. The van der Waals surface area contributed by atoms with Gasteiger partial charge < -0.3 is 4.98 Å². The molecule has 0 saturated carbocycles. The fourth-order valence-electron chi connectivity index (χ4n) is 2.94. The first kappa shape index (κ1) is 14.5. The molecule has 1 heterocycles. The quantitative estimate of drug-likeness (QED) is 0.604. The summed E-state index contributed by atoms with van der Waals surface area (Å²) in [5.41, 5.74) is 5.60. The first-order valence-electron chi connectivity index (χ1n) is 8.12. The number of H-pyrrole nitrogens is 1. The molecule has 0 aliphatic heterocycles. The van der Waals surface area contributed by atoms with E-state index < -0.39 is 0 Å². The van der Waals surface area contributed by atoms with E-state index in [1.54, 1.807) is 0 Å². The summed E-state index contributed by atoms with van der Waals surface area (Å²) in [6.45, 7) is 0. The monoisotopic (exact) mass is 310 g/mol. The zero-order chi connectivity index (χ0) is 16.2. The Morgan fingerprint density at radius 2 is 1.62 bits per heavy atom. The topological polar surface area (TPSA) is 28.1 Å². The predicted molar refractivity (Wildman–Crippen MR) is 101 cm³/mol. The minimum absolute atomic E-state index is 0.324. The van der Waals surface area contributed by atoms with Crippen molar-refractivity contribution in [2.24, 2.45) is 4.99 Å². The van der Waals surface area contributed by atoms with Gasteiger partial charge in [-0.2, -0.15) is 0 Å². The van der Waals surface area contributed by atoms with Gasteiger partial charge in [-0.25, -0.2) is 0 Å². The average molecular weight is 310 g/mol. The van der Waals surface area contributed by atoms with Gasteiger partial charge in [-0.1, -0.05) is 72.8 Å². The number of allylic oxidation sites excluding steroid dienone is 4. The summed E-state index contributed by atoms with van der Waals surface area (Å²) in [6, 6.07) is 20.7. The van der Waals surface area contributed by atoms with Crippen molar-refractivity contribution in [1.82, 2.24) is 4.98 Å². The second-order valence-electron chi connectivity index (χ2n) is 5.83. The zero-order valence-electron chi connectivity index (χ0n) is 13.3.